The van der Waals surface area contributed by atoms with Crippen molar-refractivity contribution in [2.75, 3.05) is 18.9 Å². The second-order valence-electron chi connectivity index (χ2n) is 10.3. The van der Waals surface area contributed by atoms with E-state index in [1.807, 2.05) is 6.07 Å². The lowest BCUT2D eigenvalue weighted by Gasteiger charge is -2.24. The van der Waals surface area contributed by atoms with Gasteiger partial charge in [-0.3, -0.25) is 14.6 Å². The Morgan fingerprint density at radius 2 is 1.90 bits per heavy atom. The summed E-state index contributed by atoms with van der Waals surface area (Å²) < 4.78 is 34.7. The van der Waals surface area contributed by atoms with Crippen molar-refractivity contribution in [3.63, 3.8) is 0 Å². The number of amides is 2. The molecule has 0 saturated heterocycles. The van der Waals surface area contributed by atoms with E-state index in [2.05, 4.69) is 20.1 Å². The number of carbonyl (C=O) groups is 2. The lowest BCUT2D eigenvalue weighted by Crippen LogP contribution is -2.37. The molecular weight excluding hydrogens is 572 g/mol. The Labute approximate surface area is 243 Å². The maximum Gasteiger partial charge on any atom is 0.410 e. The number of hydrogen-bond acceptors (Lipinski definition) is 8. The molecule has 2 heterocycles. The van der Waals surface area contributed by atoms with Crippen LogP contribution in [0.25, 0.3) is 0 Å². The highest BCUT2D eigenvalue weighted by atomic mass is 35.5. The Bertz CT molecular complexity index is 1570. The minimum Gasteiger partial charge on any atom is -0.444 e. The molecule has 3 aromatic rings. The van der Waals surface area contributed by atoms with Crippen molar-refractivity contribution in [2.24, 2.45) is 0 Å². The van der Waals surface area contributed by atoms with Gasteiger partial charge in [-0.1, -0.05) is 23.7 Å². The van der Waals surface area contributed by atoms with Gasteiger partial charge in [0.2, 0.25) is 15.9 Å². The van der Waals surface area contributed by atoms with Gasteiger partial charge in [0.25, 0.3) is 5.56 Å². The highest BCUT2D eigenvalue weighted by molar-refractivity contribution is 7.89. The zero-order chi connectivity index (χ0) is 30.4. The Kier molecular flexibility index (Phi) is 10.2. The number of aryl methyl sites for hydroxylation is 1. The summed E-state index contributed by atoms with van der Waals surface area (Å²) in [7, 11) is -2.42. The first-order valence-corrected chi connectivity index (χ1v) is 14.5. The number of sulfonamides is 1. The van der Waals surface area contributed by atoms with Crippen LogP contribution in [0.3, 0.4) is 0 Å². The Balaban J connectivity index is 1.69. The highest BCUT2D eigenvalue weighted by Gasteiger charge is 2.23. The van der Waals surface area contributed by atoms with Gasteiger partial charge in [0.15, 0.2) is 0 Å². The number of nitrogens with one attached hydrogen (secondary N) is 2. The molecule has 1 aromatic carbocycles. The van der Waals surface area contributed by atoms with Gasteiger partial charge < -0.3 is 15.0 Å². The van der Waals surface area contributed by atoms with E-state index in [0.29, 0.717) is 12.0 Å². The third-order valence-electron chi connectivity index (χ3n) is 5.65. The number of halogens is 1. The number of ether oxygens (including phenoxy) is 1. The summed E-state index contributed by atoms with van der Waals surface area (Å²) >= 11 is 6.17. The maximum absolute atomic E-state index is 13.0. The van der Waals surface area contributed by atoms with E-state index >= 15 is 0 Å². The molecular formula is C27H33ClN6O6S. The fraction of sp³-hybridized carbons (Fsp3) is 0.370. The minimum atomic E-state index is -3.88. The standard InChI is InChI=1S/C27H33ClN6O6S/c1-18-9-10-20(14-23(18)41(38,39)31-13-11-19-8-6-7-12-29-19)32-24(35)17-34-25(36)21(22(28)15-30-34)16-33(5)26(37)40-27(2,3)4/h6-10,12,14-15,31H,11,13,16-17H2,1-5H3,(H,32,35). The first-order chi connectivity index (χ1) is 19.2. The van der Waals surface area contributed by atoms with Crippen LogP contribution in [0.5, 0.6) is 0 Å². The quantitative estimate of drug-likeness (QED) is 0.358. The number of benzene rings is 1. The fourth-order valence-corrected chi connectivity index (χ4v) is 5.13. The average Bonchev–Trinajstić information content (AvgIpc) is 2.88. The van der Waals surface area contributed by atoms with Crippen molar-refractivity contribution < 1.29 is 22.7 Å². The molecule has 0 atom stereocenters. The number of rotatable bonds is 10. The molecule has 0 saturated carbocycles. The Hall–Kier alpha value is -3.81. The average molecular weight is 605 g/mol. The number of carbonyl (C=O) groups excluding carboxylic acids is 2. The molecule has 41 heavy (non-hydrogen) atoms. The zero-order valence-electron chi connectivity index (χ0n) is 23.5. The third kappa shape index (κ3) is 9.10. The van der Waals surface area contributed by atoms with E-state index in [0.717, 1.165) is 10.4 Å². The van der Waals surface area contributed by atoms with Crippen LogP contribution in [0.4, 0.5) is 10.5 Å². The van der Waals surface area contributed by atoms with Crippen LogP contribution in [0, 0.1) is 6.92 Å². The smallest absolute Gasteiger partial charge is 0.410 e. The van der Waals surface area contributed by atoms with Crippen molar-refractivity contribution in [2.45, 2.75) is 57.7 Å². The summed E-state index contributed by atoms with van der Waals surface area (Å²) in [5.74, 6) is -0.622. The second-order valence-corrected chi connectivity index (χ2v) is 12.4. The molecule has 0 aliphatic heterocycles. The predicted octanol–water partition coefficient (Wildman–Crippen LogP) is 3.13. The number of anilines is 1. The van der Waals surface area contributed by atoms with E-state index in [1.165, 1.54) is 24.2 Å². The Morgan fingerprint density at radius 1 is 1.17 bits per heavy atom. The third-order valence-corrected chi connectivity index (χ3v) is 7.57. The van der Waals surface area contributed by atoms with Gasteiger partial charge in [0.1, 0.15) is 12.1 Å². The van der Waals surface area contributed by atoms with Gasteiger partial charge in [-0.2, -0.15) is 5.10 Å². The first kappa shape index (κ1) is 31.7. The molecule has 12 nitrogen and oxygen atoms in total. The van der Waals surface area contributed by atoms with Crippen molar-refractivity contribution in [1.82, 2.24) is 24.4 Å². The molecule has 0 spiro atoms. The van der Waals surface area contributed by atoms with E-state index in [1.54, 1.807) is 58.2 Å². The van der Waals surface area contributed by atoms with E-state index < -0.39 is 39.7 Å². The molecule has 14 heteroatoms. The van der Waals surface area contributed by atoms with Crippen LogP contribution in [-0.4, -0.2) is 59.3 Å². The zero-order valence-corrected chi connectivity index (χ0v) is 25.0. The van der Waals surface area contributed by atoms with Crippen molar-refractivity contribution in [3.8, 4) is 0 Å². The molecule has 0 unspecified atom stereocenters. The normalized spacial score (nSPS) is 11.7. The largest absolute Gasteiger partial charge is 0.444 e. The SMILES string of the molecule is Cc1ccc(NC(=O)Cn2ncc(Cl)c(CN(C)C(=O)OC(C)(C)C)c2=O)cc1S(=O)(=O)NCCc1ccccn1. The number of hydrogen-bond donors (Lipinski definition) is 2. The van der Waals surface area contributed by atoms with Crippen molar-refractivity contribution in [3.05, 3.63) is 81.0 Å². The molecule has 0 aliphatic carbocycles. The molecule has 0 fully saturated rings. The summed E-state index contributed by atoms with van der Waals surface area (Å²) in [6, 6.07) is 9.87. The van der Waals surface area contributed by atoms with E-state index in [9.17, 15) is 22.8 Å². The van der Waals surface area contributed by atoms with Gasteiger partial charge in [0, 0.05) is 37.6 Å². The van der Waals surface area contributed by atoms with Crippen LogP contribution in [0.1, 0.15) is 37.6 Å². The summed E-state index contributed by atoms with van der Waals surface area (Å²) in [5, 5.41) is 6.56. The molecule has 220 valence electrons. The number of nitrogens with zero attached hydrogens (tertiary/aromatic N) is 4. The Morgan fingerprint density at radius 3 is 2.56 bits per heavy atom. The van der Waals surface area contributed by atoms with Crippen LogP contribution < -0.4 is 15.6 Å². The molecule has 2 N–H and O–H groups in total. The van der Waals surface area contributed by atoms with Crippen LogP contribution in [0.15, 0.2) is 58.5 Å². The van der Waals surface area contributed by atoms with Crippen LogP contribution >= 0.6 is 11.6 Å². The lowest BCUT2D eigenvalue weighted by molar-refractivity contribution is -0.117. The van der Waals surface area contributed by atoms with Gasteiger partial charge in [-0.25, -0.2) is 22.6 Å². The monoisotopic (exact) mass is 604 g/mol. The summed E-state index contributed by atoms with van der Waals surface area (Å²) in [5.41, 5.74) is 0.130. The summed E-state index contributed by atoms with van der Waals surface area (Å²) in [6.07, 6.45) is 2.61. The first-order valence-electron chi connectivity index (χ1n) is 12.6. The number of aromatic nitrogens is 3. The van der Waals surface area contributed by atoms with Gasteiger partial charge in [0.05, 0.1) is 28.2 Å². The predicted molar refractivity (Wildman–Crippen MR) is 154 cm³/mol. The molecule has 0 aliphatic rings. The molecule has 2 aromatic heterocycles. The molecule has 2 amide bonds. The van der Waals surface area contributed by atoms with Crippen LogP contribution in [-0.2, 0) is 39.1 Å². The van der Waals surface area contributed by atoms with Crippen LogP contribution in [0.2, 0.25) is 5.02 Å². The van der Waals surface area contributed by atoms with Gasteiger partial charge >= 0.3 is 6.09 Å². The maximum atomic E-state index is 13.0. The number of pyridine rings is 1. The molecule has 3 rings (SSSR count). The summed E-state index contributed by atoms with van der Waals surface area (Å²) in [4.78, 5) is 43.5. The van der Waals surface area contributed by atoms with Crippen molar-refractivity contribution in [1.29, 1.82) is 0 Å². The fourth-order valence-electron chi connectivity index (χ4n) is 3.65. The molecule has 0 bridgehead atoms. The van der Waals surface area contributed by atoms with E-state index in [4.69, 9.17) is 16.3 Å². The topological polar surface area (TPSA) is 153 Å². The lowest BCUT2D eigenvalue weighted by atomic mass is 10.2. The van der Waals surface area contributed by atoms with E-state index in [-0.39, 0.29) is 34.3 Å². The minimum absolute atomic E-state index is 0.00516. The van der Waals surface area contributed by atoms with Gasteiger partial charge in [-0.05, 0) is 57.5 Å². The second kappa shape index (κ2) is 13.2. The molecule has 0 radical (unpaired) electrons. The summed E-state index contributed by atoms with van der Waals surface area (Å²) in [6.45, 7) is 6.31. The van der Waals surface area contributed by atoms with Gasteiger partial charge in [-0.15, -0.1) is 0 Å². The van der Waals surface area contributed by atoms with Crippen molar-refractivity contribution >= 4 is 39.3 Å². The highest BCUT2D eigenvalue weighted by Crippen LogP contribution is 2.20.